The normalized spacial score (nSPS) is 10.2. The quantitative estimate of drug-likeness (QED) is 0.513. The summed E-state index contributed by atoms with van der Waals surface area (Å²) < 4.78 is 5.22. The number of anilines is 1. The molecule has 0 atom stereocenters. The molecule has 2 N–H and O–H groups in total. The predicted molar refractivity (Wildman–Crippen MR) is 84.2 cm³/mol. The molecule has 6 heteroatoms. The molecule has 0 fully saturated rings. The number of hydrogen-bond donors (Lipinski definition) is 2. The van der Waals surface area contributed by atoms with E-state index in [4.69, 9.17) is 17.0 Å². The summed E-state index contributed by atoms with van der Waals surface area (Å²) in [7, 11) is 1.61. The third kappa shape index (κ3) is 4.03. The first-order valence-electron chi connectivity index (χ1n) is 5.93. The summed E-state index contributed by atoms with van der Waals surface area (Å²) >= 11 is 5.15. The molecular formula is C14H14N4OS. The minimum atomic E-state index is 0.377. The van der Waals surface area contributed by atoms with Gasteiger partial charge in [0.2, 0.25) is 0 Å². The van der Waals surface area contributed by atoms with E-state index in [2.05, 4.69) is 20.8 Å². The largest absolute Gasteiger partial charge is 0.495 e. The van der Waals surface area contributed by atoms with Gasteiger partial charge in [-0.05, 0) is 36.5 Å². The zero-order valence-electron chi connectivity index (χ0n) is 10.9. The summed E-state index contributed by atoms with van der Waals surface area (Å²) in [6, 6.07) is 13.1. The average molecular weight is 286 g/mol. The van der Waals surface area contributed by atoms with Crippen LogP contribution in [-0.2, 0) is 0 Å². The van der Waals surface area contributed by atoms with Crippen molar-refractivity contribution in [1.82, 2.24) is 10.4 Å². The Hall–Kier alpha value is -2.47. The molecule has 0 bridgehead atoms. The predicted octanol–water partition coefficient (Wildman–Crippen LogP) is 2.41. The van der Waals surface area contributed by atoms with Gasteiger partial charge in [-0.3, -0.25) is 10.4 Å². The Kier molecular flexibility index (Phi) is 5.02. The molecule has 0 amide bonds. The second-order valence-corrected chi connectivity index (χ2v) is 4.19. The van der Waals surface area contributed by atoms with Crippen molar-refractivity contribution >= 4 is 29.2 Å². The molecule has 0 aliphatic heterocycles. The molecule has 0 saturated heterocycles. The Bertz CT molecular complexity index is 601. The molecule has 2 rings (SSSR count). The molecule has 1 aromatic carbocycles. The summed E-state index contributed by atoms with van der Waals surface area (Å²) in [5, 5.41) is 7.40. The van der Waals surface area contributed by atoms with Gasteiger partial charge in [0.25, 0.3) is 0 Å². The SMILES string of the molecule is COc1ccccc1NC(=S)N/N=C/c1ccccn1. The van der Waals surface area contributed by atoms with E-state index in [1.165, 1.54) is 0 Å². The van der Waals surface area contributed by atoms with Crippen LogP contribution in [0.3, 0.4) is 0 Å². The molecule has 5 nitrogen and oxygen atoms in total. The first-order chi connectivity index (χ1) is 9.79. The summed E-state index contributed by atoms with van der Waals surface area (Å²) in [5.74, 6) is 0.713. The van der Waals surface area contributed by atoms with Crippen molar-refractivity contribution in [3.63, 3.8) is 0 Å². The fraction of sp³-hybridized carbons (Fsp3) is 0.0714. The summed E-state index contributed by atoms with van der Waals surface area (Å²) in [4.78, 5) is 4.11. The molecule has 102 valence electrons. The number of ether oxygens (including phenoxy) is 1. The van der Waals surface area contributed by atoms with Crippen LogP contribution >= 0.6 is 12.2 Å². The molecule has 20 heavy (non-hydrogen) atoms. The number of pyridine rings is 1. The second-order valence-electron chi connectivity index (χ2n) is 3.78. The molecule has 1 aromatic heterocycles. The molecule has 0 radical (unpaired) electrons. The van der Waals surface area contributed by atoms with Gasteiger partial charge in [0, 0.05) is 6.20 Å². The third-order valence-electron chi connectivity index (χ3n) is 2.41. The Morgan fingerprint density at radius 3 is 2.80 bits per heavy atom. The van der Waals surface area contributed by atoms with Crippen molar-refractivity contribution in [3.05, 3.63) is 54.4 Å². The van der Waals surface area contributed by atoms with E-state index in [-0.39, 0.29) is 0 Å². The van der Waals surface area contributed by atoms with E-state index in [0.29, 0.717) is 10.9 Å². The number of thiocarbonyl (C=S) groups is 1. The molecule has 0 spiro atoms. The number of aromatic nitrogens is 1. The Balaban J connectivity index is 1.91. The third-order valence-corrected chi connectivity index (χ3v) is 2.60. The van der Waals surface area contributed by atoms with Crippen LogP contribution in [0.15, 0.2) is 53.8 Å². The van der Waals surface area contributed by atoms with Crippen molar-refractivity contribution in [2.75, 3.05) is 12.4 Å². The number of benzene rings is 1. The Morgan fingerprint density at radius 1 is 1.25 bits per heavy atom. The van der Waals surface area contributed by atoms with Crippen LogP contribution in [0, 0.1) is 0 Å². The van der Waals surface area contributed by atoms with Crippen molar-refractivity contribution in [3.8, 4) is 5.75 Å². The lowest BCUT2D eigenvalue weighted by atomic mass is 10.3. The average Bonchev–Trinajstić information content (AvgIpc) is 2.49. The van der Waals surface area contributed by atoms with E-state index in [9.17, 15) is 0 Å². The van der Waals surface area contributed by atoms with Crippen LogP contribution in [0.5, 0.6) is 5.75 Å². The molecule has 2 aromatic rings. The first kappa shape index (κ1) is 14.0. The van der Waals surface area contributed by atoms with Crippen molar-refractivity contribution in [2.45, 2.75) is 0 Å². The molecule has 0 saturated carbocycles. The zero-order valence-corrected chi connectivity index (χ0v) is 11.7. The number of para-hydroxylation sites is 2. The zero-order chi connectivity index (χ0) is 14.2. The van der Waals surface area contributed by atoms with Crippen molar-refractivity contribution in [2.24, 2.45) is 5.10 Å². The van der Waals surface area contributed by atoms with Gasteiger partial charge in [0.15, 0.2) is 5.11 Å². The molecule has 0 aliphatic carbocycles. The highest BCUT2D eigenvalue weighted by Crippen LogP contribution is 2.22. The summed E-state index contributed by atoms with van der Waals surface area (Å²) in [6.45, 7) is 0. The highest BCUT2D eigenvalue weighted by molar-refractivity contribution is 7.80. The fourth-order valence-electron chi connectivity index (χ4n) is 1.51. The lowest BCUT2D eigenvalue weighted by Crippen LogP contribution is -2.24. The van der Waals surface area contributed by atoms with Gasteiger partial charge in [-0.1, -0.05) is 18.2 Å². The standard InChI is InChI=1S/C14H14N4OS/c1-19-13-8-3-2-7-12(13)17-14(20)18-16-10-11-6-4-5-9-15-11/h2-10H,1H3,(H2,17,18,20)/b16-10+. The second kappa shape index (κ2) is 7.20. The number of rotatable bonds is 4. The Labute approximate surface area is 122 Å². The smallest absolute Gasteiger partial charge is 0.191 e. The van der Waals surface area contributed by atoms with Gasteiger partial charge in [0.1, 0.15) is 5.75 Å². The Morgan fingerprint density at radius 2 is 2.05 bits per heavy atom. The minimum Gasteiger partial charge on any atom is -0.495 e. The van der Waals surface area contributed by atoms with Crippen LogP contribution < -0.4 is 15.5 Å². The number of nitrogens with zero attached hydrogens (tertiary/aromatic N) is 2. The molecule has 0 unspecified atom stereocenters. The van der Waals surface area contributed by atoms with E-state index in [1.807, 2.05) is 42.5 Å². The monoisotopic (exact) mass is 286 g/mol. The first-order valence-corrected chi connectivity index (χ1v) is 6.34. The minimum absolute atomic E-state index is 0.377. The lowest BCUT2D eigenvalue weighted by molar-refractivity contribution is 0.417. The van der Waals surface area contributed by atoms with Gasteiger partial charge < -0.3 is 10.1 Å². The van der Waals surface area contributed by atoms with Gasteiger partial charge >= 0.3 is 0 Å². The maximum Gasteiger partial charge on any atom is 0.191 e. The highest BCUT2D eigenvalue weighted by Gasteiger charge is 2.02. The van der Waals surface area contributed by atoms with Crippen LogP contribution in [0.1, 0.15) is 5.69 Å². The van der Waals surface area contributed by atoms with Gasteiger partial charge in [0.05, 0.1) is 24.7 Å². The lowest BCUT2D eigenvalue weighted by Gasteiger charge is -2.10. The fourth-order valence-corrected chi connectivity index (χ4v) is 1.67. The maximum atomic E-state index is 5.22. The van der Waals surface area contributed by atoms with E-state index in [1.54, 1.807) is 19.5 Å². The topological polar surface area (TPSA) is 58.5 Å². The van der Waals surface area contributed by atoms with E-state index >= 15 is 0 Å². The number of hydrogen-bond acceptors (Lipinski definition) is 4. The van der Waals surface area contributed by atoms with E-state index < -0.39 is 0 Å². The summed E-state index contributed by atoms with van der Waals surface area (Å²) in [5.41, 5.74) is 4.25. The summed E-state index contributed by atoms with van der Waals surface area (Å²) in [6.07, 6.45) is 3.29. The molecular weight excluding hydrogens is 272 g/mol. The molecule has 0 aliphatic rings. The van der Waals surface area contributed by atoms with Gasteiger partial charge in [-0.15, -0.1) is 0 Å². The van der Waals surface area contributed by atoms with Gasteiger partial charge in [-0.2, -0.15) is 5.10 Å². The van der Waals surface area contributed by atoms with Gasteiger partial charge in [-0.25, -0.2) is 0 Å². The van der Waals surface area contributed by atoms with Crippen LogP contribution in [0.2, 0.25) is 0 Å². The number of nitrogens with one attached hydrogen (secondary N) is 2. The van der Waals surface area contributed by atoms with Crippen LogP contribution in [-0.4, -0.2) is 23.4 Å². The molecule has 1 heterocycles. The van der Waals surface area contributed by atoms with E-state index in [0.717, 1.165) is 11.4 Å². The van der Waals surface area contributed by atoms with Crippen molar-refractivity contribution < 1.29 is 4.74 Å². The maximum absolute atomic E-state index is 5.22. The number of methoxy groups -OCH3 is 1. The van der Waals surface area contributed by atoms with Crippen LogP contribution in [0.4, 0.5) is 5.69 Å². The van der Waals surface area contributed by atoms with Crippen LogP contribution in [0.25, 0.3) is 0 Å². The highest BCUT2D eigenvalue weighted by atomic mass is 32.1. The number of hydrazone groups is 1. The van der Waals surface area contributed by atoms with Crippen molar-refractivity contribution in [1.29, 1.82) is 0 Å².